The number of benzene rings is 2. The van der Waals surface area contributed by atoms with Gasteiger partial charge in [-0.15, -0.1) is 0 Å². The van der Waals surface area contributed by atoms with Crippen molar-refractivity contribution in [2.24, 2.45) is 5.92 Å². The van der Waals surface area contributed by atoms with Crippen molar-refractivity contribution in [3.63, 3.8) is 0 Å². The van der Waals surface area contributed by atoms with Crippen molar-refractivity contribution in [2.45, 2.75) is 51.5 Å². The van der Waals surface area contributed by atoms with E-state index < -0.39 is 0 Å². The minimum atomic E-state index is -0.303. The molecule has 9 nitrogen and oxygen atoms in total. The fourth-order valence-electron chi connectivity index (χ4n) is 6.12. The SMILES string of the molecule is COCCCn1c([C@@H]2CCCN(C(=O)C[C@H](C)Cc3ccc(-c4ccc(C(=O)NCCO)nc4)cc3)C2)nc2ccccc21. The number of likely N-dealkylation sites (tertiary alicyclic amines) is 1. The number of hydrogen-bond donors (Lipinski definition) is 2. The molecule has 9 heteroatoms. The van der Waals surface area contributed by atoms with E-state index in [9.17, 15) is 9.59 Å². The second kappa shape index (κ2) is 15.1. The van der Waals surface area contributed by atoms with Crippen LogP contribution in [0.2, 0.25) is 0 Å². The molecule has 2 atom stereocenters. The molecule has 1 saturated heterocycles. The van der Waals surface area contributed by atoms with Crippen molar-refractivity contribution in [3.05, 3.63) is 83.9 Å². The highest BCUT2D eigenvalue weighted by atomic mass is 16.5. The number of nitrogens with one attached hydrogen (secondary N) is 1. The Kier molecular flexibility index (Phi) is 10.7. The topological polar surface area (TPSA) is 110 Å². The van der Waals surface area contributed by atoms with E-state index in [-0.39, 0.29) is 36.8 Å². The molecule has 2 N–H and O–H groups in total. The van der Waals surface area contributed by atoms with Gasteiger partial charge >= 0.3 is 0 Å². The number of nitrogens with zero attached hydrogens (tertiary/aromatic N) is 4. The maximum atomic E-state index is 13.5. The highest BCUT2D eigenvalue weighted by Crippen LogP contribution is 2.30. The van der Waals surface area contributed by atoms with Crippen molar-refractivity contribution in [2.75, 3.05) is 40.0 Å². The van der Waals surface area contributed by atoms with Gasteiger partial charge in [0.1, 0.15) is 11.5 Å². The summed E-state index contributed by atoms with van der Waals surface area (Å²) in [6.07, 6.45) is 5.96. The van der Waals surface area contributed by atoms with Crippen LogP contribution in [-0.2, 0) is 22.5 Å². The van der Waals surface area contributed by atoms with E-state index in [0.29, 0.717) is 25.3 Å². The number of aliphatic hydroxyl groups is 1. The first-order valence-corrected chi connectivity index (χ1v) is 15.6. The number of aromatic nitrogens is 3. The molecule has 1 aliphatic heterocycles. The summed E-state index contributed by atoms with van der Waals surface area (Å²) >= 11 is 0. The smallest absolute Gasteiger partial charge is 0.269 e. The van der Waals surface area contributed by atoms with E-state index >= 15 is 0 Å². The van der Waals surface area contributed by atoms with E-state index in [1.54, 1.807) is 19.4 Å². The molecule has 5 rings (SSSR count). The summed E-state index contributed by atoms with van der Waals surface area (Å²) in [4.78, 5) is 36.8. The molecular formula is C35H43N5O4. The van der Waals surface area contributed by atoms with Crippen LogP contribution in [0.25, 0.3) is 22.2 Å². The van der Waals surface area contributed by atoms with E-state index in [4.69, 9.17) is 14.8 Å². The van der Waals surface area contributed by atoms with Gasteiger partial charge in [0.15, 0.2) is 0 Å². The van der Waals surface area contributed by atoms with Gasteiger partial charge in [-0.25, -0.2) is 4.98 Å². The minimum Gasteiger partial charge on any atom is -0.395 e. The molecule has 2 aromatic heterocycles. The van der Waals surface area contributed by atoms with Gasteiger partial charge in [-0.1, -0.05) is 49.4 Å². The van der Waals surface area contributed by atoms with Gasteiger partial charge in [-0.05, 0) is 60.9 Å². The summed E-state index contributed by atoms with van der Waals surface area (Å²) in [5, 5.41) is 11.5. The number of hydrogen-bond acceptors (Lipinski definition) is 6. The lowest BCUT2D eigenvalue weighted by Crippen LogP contribution is -2.40. The Morgan fingerprint density at radius 1 is 1.09 bits per heavy atom. The van der Waals surface area contributed by atoms with Crippen molar-refractivity contribution in [3.8, 4) is 11.1 Å². The molecule has 1 fully saturated rings. The number of aryl methyl sites for hydroxylation is 1. The largest absolute Gasteiger partial charge is 0.395 e. The molecule has 0 unspecified atom stereocenters. The van der Waals surface area contributed by atoms with Crippen LogP contribution in [0.1, 0.15) is 60.4 Å². The predicted molar refractivity (Wildman–Crippen MR) is 171 cm³/mol. The van der Waals surface area contributed by atoms with Gasteiger partial charge < -0.3 is 24.6 Å². The molecule has 0 bridgehead atoms. The van der Waals surface area contributed by atoms with Gasteiger partial charge in [0.05, 0.1) is 17.6 Å². The number of piperidine rings is 1. The normalized spacial score (nSPS) is 15.8. The highest BCUT2D eigenvalue weighted by molar-refractivity contribution is 5.92. The van der Waals surface area contributed by atoms with Gasteiger partial charge in [0.2, 0.25) is 5.91 Å². The van der Waals surface area contributed by atoms with Crippen LogP contribution in [0.4, 0.5) is 0 Å². The second-order valence-electron chi connectivity index (χ2n) is 11.8. The average Bonchev–Trinajstić information content (AvgIpc) is 3.43. The number of carbonyl (C=O) groups is 2. The van der Waals surface area contributed by atoms with Crippen LogP contribution in [-0.4, -0.2) is 76.3 Å². The highest BCUT2D eigenvalue weighted by Gasteiger charge is 2.29. The van der Waals surface area contributed by atoms with E-state index in [0.717, 1.165) is 66.8 Å². The first-order valence-electron chi connectivity index (χ1n) is 15.6. The molecule has 0 saturated carbocycles. The number of carbonyl (C=O) groups excluding carboxylic acids is 2. The Balaban J connectivity index is 1.17. The van der Waals surface area contributed by atoms with Gasteiger partial charge in [0.25, 0.3) is 5.91 Å². The summed E-state index contributed by atoms with van der Waals surface area (Å²) in [5.74, 6) is 1.44. The van der Waals surface area contributed by atoms with Crippen LogP contribution in [0.15, 0.2) is 66.9 Å². The Labute approximate surface area is 259 Å². The third-order valence-electron chi connectivity index (χ3n) is 8.34. The summed E-state index contributed by atoms with van der Waals surface area (Å²) in [6.45, 7) is 5.31. The van der Waals surface area contributed by atoms with E-state index in [1.807, 2.05) is 17.0 Å². The molecule has 0 aliphatic carbocycles. The van der Waals surface area contributed by atoms with Crippen LogP contribution >= 0.6 is 0 Å². The number of fused-ring (bicyclic) bond motifs is 1. The van der Waals surface area contributed by atoms with Crippen molar-refractivity contribution < 1.29 is 19.4 Å². The minimum absolute atomic E-state index is 0.109. The maximum absolute atomic E-state index is 13.5. The molecule has 1 aliphatic rings. The number of para-hydroxylation sites is 2. The molecule has 44 heavy (non-hydrogen) atoms. The zero-order chi connectivity index (χ0) is 30.9. The molecular weight excluding hydrogens is 554 g/mol. The summed E-state index contributed by atoms with van der Waals surface area (Å²) in [7, 11) is 1.73. The fourth-order valence-corrected chi connectivity index (χ4v) is 6.12. The molecule has 232 valence electrons. The Hall–Kier alpha value is -4.08. The molecule has 0 spiro atoms. The van der Waals surface area contributed by atoms with Crippen LogP contribution < -0.4 is 5.32 Å². The Morgan fingerprint density at radius 3 is 2.64 bits per heavy atom. The standard InChI is InChI=1S/C35H43N5O4/c1-25(21-26-10-12-27(13-11-26)28-14-15-31(37-23-28)35(43)36-16-19-41)22-33(42)39-17-5-7-29(24-39)34-38-30-8-3-4-9-32(30)40(34)18-6-20-44-2/h3-4,8-15,23,25,29,41H,5-7,16-22,24H2,1-2H3,(H,36,43)/t25-,29-/m1/s1. The molecule has 0 radical (unpaired) electrons. The summed E-state index contributed by atoms with van der Waals surface area (Å²) in [5.41, 5.74) is 5.60. The Bertz CT molecular complexity index is 1530. The van der Waals surface area contributed by atoms with E-state index in [2.05, 4.69) is 64.3 Å². The first kappa shape index (κ1) is 31.3. The van der Waals surface area contributed by atoms with Gasteiger partial charge in [0, 0.05) is 64.0 Å². The Morgan fingerprint density at radius 2 is 1.89 bits per heavy atom. The third kappa shape index (κ3) is 7.70. The quantitative estimate of drug-likeness (QED) is 0.214. The number of methoxy groups -OCH3 is 1. The monoisotopic (exact) mass is 597 g/mol. The van der Waals surface area contributed by atoms with Crippen LogP contribution in [0.3, 0.4) is 0 Å². The van der Waals surface area contributed by atoms with Crippen molar-refractivity contribution in [1.29, 1.82) is 0 Å². The number of aliphatic hydroxyl groups excluding tert-OH is 1. The molecule has 2 amide bonds. The molecule has 4 aromatic rings. The number of pyridine rings is 1. The number of amides is 2. The maximum Gasteiger partial charge on any atom is 0.269 e. The second-order valence-corrected chi connectivity index (χ2v) is 11.8. The van der Waals surface area contributed by atoms with E-state index in [1.165, 1.54) is 5.56 Å². The van der Waals surface area contributed by atoms with Gasteiger partial charge in [-0.2, -0.15) is 0 Å². The van der Waals surface area contributed by atoms with Crippen LogP contribution in [0.5, 0.6) is 0 Å². The average molecular weight is 598 g/mol. The van der Waals surface area contributed by atoms with Gasteiger partial charge in [-0.3, -0.25) is 14.6 Å². The number of imidazole rings is 1. The first-order chi connectivity index (χ1) is 21.5. The molecule has 2 aromatic carbocycles. The number of rotatable bonds is 13. The van der Waals surface area contributed by atoms with Crippen molar-refractivity contribution in [1.82, 2.24) is 24.8 Å². The lowest BCUT2D eigenvalue weighted by Gasteiger charge is -2.33. The predicted octanol–water partition coefficient (Wildman–Crippen LogP) is 4.83. The van der Waals surface area contributed by atoms with Crippen molar-refractivity contribution >= 4 is 22.8 Å². The zero-order valence-electron chi connectivity index (χ0n) is 25.7. The zero-order valence-corrected chi connectivity index (χ0v) is 25.7. The number of ether oxygens (including phenoxy) is 1. The fraction of sp³-hybridized carbons (Fsp3) is 0.429. The lowest BCUT2D eigenvalue weighted by molar-refractivity contribution is -0.133. The third-order valence-corrected chi connectivity index (χ3v) is 8.34. The van der Waals surface area contributed by atoms with Crippen LogP contribution in [0, 0.1) is 5.92 Å². The summed E-state index contributed by atoms with van der Waals surface area (Å²) in [6, 6.07) is 20.2. The lowest BCUT2D eigenvalue weighted by atomic mass is 9.93. The molecule has 3 heterocycles. The summed E-state index contributed by atoms with van der Waals surface area (Å²) < 4.78 is 7.64.